The van der Waals surface area contributed by atoms with E-state index in [2.05, 4.69) is 0 Å². The van der Waals surface area contributed by atoms with Crippen molar-refractivity contribution in [2.75, 3.05) is 6.54 Å². The first-order valence-corrected chi connectivity index (χ1v) is 6.46. The first-order valence-electron chi connectivity index (χ1n) is 5.71. The van der Waals surface area contributed by atoms with Gasteiger partial charge in [-0.05, 0) is 25.3 Å². The maximum atomic E-state index is 11.3. The molecule has 2 rings (SSSR count). The van der Waals surface area contributed by atoms with E-state index < -0.39 is 11.8 Å². The zero-order valence-corrected chi connectivity index (χ0v) is 11.2. The maximum absolute atomic E-state index is 11.3. The molecular formula is C12H14Cl2N2O2. The first kappa shape index (κ1) is 13.5. The van der Waals surface area contributed by atoms with E-state index in [0.29, 0.717) is 28.6 Å². The molecule has 1 unspecified atom stereocenters. The molecule has 1 aliphatic heterocycles. The molecule has 6 heteroatoms. The van der Waals surface area contributed by atoms with Gasteiger partial charge in [-0.2, -0.15) is 0 Å². The average Bonchev–Trinajstić information content (AvgIpc) is 2.32. The fourth-order valence-electron chi connectivity index (χ4n) is 2.38. The summed E-state index contributed by atoms with van der Waals surface area (Å²) in [6.45, 7) is 0.411. The summed E-state index contributed by atoms with van der Waals surface area (Å²) in [5.41, 5.74) is 5.77. The fourth-order valence-corrected chi connectivity index (χ4v) is 2.85. The number of likely N-dealkylation sites (tertiary alicyclic amines) is 1. The zero-order valence-electron chi connectivity index (χ0n) is 9.70. The van der Waals surface area contributed by atoms with Crippen LogP contribution in [0.2, 0.25) is 10.0 Å². The van der Waals surface area contributed by atoms with Gasteiger partial charge in [0.05, 0.1) is 10.0 Å². The second-order valence-corrected chi connectivity index (χ2v) is 5.20. The lowest BCUT2D eigenvalue weighted by Crippen LogP contribution is -2.57. The Morgan fingerprint density at radius 1 is 1.39 bits per heavy atom. The summed E-state index contributed by atoms with van der Waals surface area (Å²) in [6.07, 6.45) is 1.18. The Morgan fingerprint density at radius 2 is 2.11 bits per heavy atom. The van der Waals surface area contributed by atoms with Crippen LogP contribution < -0.4 is 5.73 Å². The molecule has 98 valence electrons. The second-order valence-electron chi connectivity index (χ2n) is 4.42. The van der Waals surface area contributed by atoms with Gasteiger partial charge >= 0.3 is 6.09 Å². The highest BCUT2D eigenvalue weighted by atomic mass is 35.5. The largest absolute Gasteiger partial charge is 0.465 e. The second kappa shape index (κ2) is 4.96. The van der Waals surface area contributed by atoms with Crippen LogP contribution in [-0.2, 0) is 5.66 Å². The summed E-state index contributed by atoms with van der Waals surface area (Å²) >= 11 is 12.1. The van der Waals surface area contributed by atoms with Gasteiger partial charge < -0.3 is 10.8 Å². The maximum Gasteiger partial charge on any atom is 0.409 e. The summed E-state index contributed by atoms with van der Waals surface area (Å²) in [5.74, 6) is 0. The van der Waals surface area contributed by atoms with Crippen LogP contribution in [0.5, 0.6) is 0 Å². The Balaban J connectivity index is 2.50. The predicted octanol–water partition coefficient (Wildman–Crippen LogP) is 3.27. The molecule has 1 fully saturated rings. The Morgan fingerprint density at radius 3 is 2.78 bits per heavy atom. The van der Waals surface area contributed by atoms with Crippen molar-refractivity contribution >= 4 is 29.3 Å². The van der Waals surface area contributed by atoms with E-state index in [1.54, 1.807) is 18.2 Å². The van der Waals surface area contributed by atoms with Crippen molar-refractivity contribution in [3.05, 3.63) is 33.8 Å². The first-order chi connectivity index (χ1) is 8.47. The number of nitrogens with two attached hydrogens (primary N) is 1. The van der Waals surface area contributed by atoms with Crippen molar-refractivity contribution in [3.8, 4) is 0 Å². The van der Waals surface area contributed by atoms with Crippen molar-refractivity contribution in [2.45, 2.75) is 24.9 Å². The minimum absolute atomic E-state index is 0.329. The third kappa shape index (κ3) is 2.16. The highest BCUT2D eigenvalue weighted by Gasteiger charge is 2.41. The quantitative estimate of drug-likeness (QED) is 0.833. The van der Waals surface area contributed by atoms with E-state index in [0.717, 1.165) is 12.8 Å². The van der Waals surface area contributed by atoms with Crippen LogP contribution in [0.1, 0.15) is 24.8 Å². The fraction of sp³-hybridized carbons (Fsp3) is 0.417. The molecule has 18 heavy (non-hydrogen) atoms. The Kier molecular flexibility index (Phi) is 3.71. The molecule has 3 N–H and O–H groups in total. The van der Waals surface area contributed by atoms with Gasteiger partial charge in [-0.1, -0.05) is 35.3 Å². The zero-order chi connectivity index (χ0) is 13.3. The Hall–Kier alpha value is -0.970. The molecule has 0 aliphatic carbocycles. The molecule has 0 spiro atoms. The molecule has 1 aromatic rings. The molecule has 0 aromatic heterocycles. The normalized spacial score (nSPS) is 24.1. The van der Waals surface area contributed by atoms with Crippen LogP contribution in [0.15, 0.2) is 18.2 Å². The summed E-state index contributed by atoms with van der Waals surface area (Å²) in [7, 11) is 0. The summed E-state index contributed by atoms with van der Waals surface area (Å²) < 4.78 is 0. The van der Waals surface area contributed by atoms with Crippen molar-refractivity contribution in [2.24, 2.45) is 5.73 Å². The van der Waals surface area contributed by atoms with Crippen LogP contribution in [0.25, 0.3) is 0 Å². The van der Waals surface area contributed by atoms with Gasteiger partial charge in [0.1, 0.15) is 5.66 Å². The topological polar surface area (TPSA) is 66.6 Å². The summed E-state index contributed by atoms with van der Waals surface area (Å²) in [6, 6.07) is 5.12. The molecular weight excluding hydrogens is 275 g/mol. The predicted molar refractivity (Wildman–Crippen MR) is 70.9 cm³/mol. The molecule has 0 bridgehead atoms. The van der Waals surface area contributed by atoms with Crippen molar-refractivity contribution in [1.29, 1.82) is 0 Å². The van der Waals surface area contributed by atoms with E-state index >= 15 is 0 Å². The summed E-state index contributed by atoms with van der Waals surface area (Å²) in [4.78, 5) is 12.6. The van der Waals surface area contributed by atoms with Gasteiger partial charge in [-0.25, -0.2) is 4.79 Å². The number of amides is 1. The van der Waals surface area contributed by atoms with Crippen molar-refractivity contribution in [1.82, 2.24) is 4.90 Å². The Labute approximate surface area is 115 Å². The highest BCUT2D eigenvalue weighted by molar-refractivity contribution is 6.42. The molecule has 1 saturated heterocycles. The molecule has 0 radical (unpaired) electrons. The van der Waals surface area contributed by atoms with Crippen LogP contribution in [0.4, 0.5) is 4.79 Å². The molecule has 0 saturated carbocycles. The number of benzene rings is 1. The van der Waals surface area contributed by atoms with E-state index in [4.69, 9.17) is 28.9 Å². The van der Waals surface area contributed by atoms with Gasteiger partial charge in [0.2, 0.25) is 0 Å². The van der Waals surface area contributed by atoms with Gasteiger partial charge in [0.25, 0.3) is 0 Å². The number of halogens is 2. The number of piperidine rings is 1. The van der Waals surface area contributed by atoms with E-state index in [9.17, 15) is 9.90 Å². The van der Waals surface area contributed by atoms with Crippen LogP contribution in [0, 0.1) is 0 Å². The van der Waals surface area contributed by atoms with Crippen LogP contribution in [0.3, 0.4) is 0 Å². The third-order valence-electron chi connectivity index (χ3n) is 3.32. The highest BCUT2D eigenvalue weighted by Crippen LogP contribution is 2.39. The lowest BCUT2D eigenvalue weighted by Gasteiger charge is -2.43. The minimum atomic E-state index is -1.09. The van der Waals surface area contributed by atoms with Gasteiger partial charge in [-0.15, -0.1) is 0 Å². The van der Waals surface area contributed by atoms with Crippen molar-refractivity contribution in [3.63, 3.8) is 0 Å². The molecule has 4 nitrogen and oxygen atoms in total. The van der Waals surface area contributed by atoms with Crippen molar-refractivity contribution < 1.29 is 9.90 Å². The number of rotatable bonds is 1. The van der Waals surface area contributed by atoms with Crippen LogP contribution in [-0.4, -0.2) is 22.6 Å². The number of carboxylic acid groups (broad SMARTS) is 1. The smallest absolute Gasteiger partial charge is 0.409 e. The molecule has 1 aromatic carbocycles. The number of hydrogen-bond acceptors (Lipinski definition) is 2. The lowest BCUT2D eigenvalue weighted by atomic mass is 9.89. The SMILES string of the molecule is NC1(c2cccc(Cl)c2Cl)CCCCN1C(=O)O. The van der Waals surface area contributed by atoms with Gasteiger partial charge in [-0.3, -0.25) is 4.90 Å². The Bertz CT molecular complexity index is 481. The minimum Gasteiger partial charge on any atom is -0.465 e. The standard InChI is InChI=1S/C12H14Cl2N2O2/c13-9-5-3-4-8(10(9)14)12(15)6-1-2-7-16(12)11(17)18/h3-5H,1-2,6-7,15H2,(H,17,18). The van der Waals surface area contributed by atoms with Crippen LogP contribution >= 0.6 is 23.2 Å². The third-order valence-corrected chi connectivity index (χ3v) is 4.14. The monoisotopic (exact) mass is 288 g/mol. The van der Waals surface area contributed by atoms with Gasteiger partial charge in [0.15, 0.2) is 0 Å². The molecule has 1 heterocycles. The van der Waals surface area contributed by atoms with Gasteiger partial charge in [0, 0.05) is 12.1 Å². The van der Waals surface area contributed by atoms with E-state index in [1.807, 2.05) is 0 Å². The van der Waals surface area contributed by atoms with E-state index in [1.165, 1.54) is 4.90 Å². The number of carbonyl (C=O) groups is 1. The molecule has 1 amide bonds. The molecule has 1 atom stereocenters. The number of nitrogens with zero attached hydrogens (tertiary/aromatic N) is 1. The van der Waals surface area contributed by atoms with E-state index in [-0.39, 0.29) is 0 Å². The average molecular weight is 289 g/mol. The summed E-state index contributed by atoms with van der Waals surface area (Å²) in [5, 5.41) is 9.98. The number of hydrogen-bond donors (Lipinski definition) is 2. The molecule has 1 aliphatic rings. The lowest BCUT2D eigenvalue weighted by molar-refractivity contribution is 0.0484.